The summed E-state index contributed by atoms with van der Waals surface area (Å²) in [6, 6.07) is 8.02. The van der Waals surface area contributed by atoms with E-state index in [1.54, 1.807) is 0 Å². The van der Waals surface area contributed by atoms with Crippen LogP contribution in [0.5, 0.6) is 0 Å². The highest BCUT2D eigenvalue weighted by Crippen LogP contribution is 2.48. The summed E-state index contributed by atoms with van der Waals surface area (Å²) in [5.74, 6) is 0. The first-order valence-corrected chi connectivity index (χ1v) is 6.34. The minimum absolute atomic E-state index is 0.287. The van der Waals surface area contributed by atoms with Gasteiger partial charge in [-0.1, -0.05) is 23.7 Å². The molecule has 0 radical (unpaired) electrons. The fourth-order valence-corrected chi connectivity index (χ4v) is 2.57. The molecular formula is C14H15ClN2. The maximum atomic E-state index is 6.31. The molecule has 0 unspecified atom stereocenters. The number of hydrogen-bond acceptors (Lipinski definition) is 2. The summed E-state index contributed by atoms with van der Waals surface area (Å²) in [6.07, 6.45) is 5.20. The molecule has 0 bridgehead atoms. The van der Waals surface area contributed by atoms with Crippen LogP contribution in [0.15, 0.2) is 30.5 Å². The number of fused-ring (bicyclic) bond motifs is 1. The Bertz CT molecular complexity index is 561. The van der Waals surface area contributed by atoms with Crippen molar-refractivity contribution in [2.24, 2.45) is 11.1 Å². The first kappa shape index (κ1) is 11.0. The van der Waals surface area contributed by atoms with Crippen molar-refractivity contribution in [3.8, 4) is 0 Å². The quantitative estimate of drug-likeness (QED) is 0.904. The van der Waals surface area contributed by atoms with Crippen molar-refractivity contribution in [3.63, 3.8) is 0 Å². The van der Waals surface area contributed by atoms with Gasteiger partial charge in [0.2, 0.25) is 0 Å². The van der Waals surface area contributed by atoms with Gasteiger partial charge in [0.25, 0.3) is 0 Å². The van der Waals surface area contributed by atoms with Crippen LogP contribution in [0, 0.1) is 5.41 Å². The highest BCUT2D eigenvalue weighted by molar-refractivity contribution is 6.32. The Morgan fingerprint density at radius 2 is 2.12 bits per heavy atom. The van der Waals surface area contributed by atoms with Crippen molar-refractivity contribution < 1.29 is 0 Å². The van der Waals surface area contributed by atoms with Gasteiger partial charge in [0.05, 0.1) is 5.52 Å². The Morgan fingerprint density at radius 3 is 2.82 bits per heavy atom. The van der Waals surface area contributed by atoms with E-state index < -0.39 is 0 Å². The van der Waals surface area contributed by atoms with Crippen LogP contribution in [0.4, 0.5) is 0 Å². The topological polar surface area (TPSA) is 38.9 Å². The van der Waals surface area contributed by atoms with Crippen LogP contribution in [-0.4, -0.2) is 11.5 Å². The molecule has 0 spiro atoms. The van der Waals surface area contributed by atoms with Crippen LogP contribution < -0.4 is 5.73 Å². The molecule has 1 fully saturated rings. The fraction of sp³-hybridized carbons (Fsp3) is 0.357. The Labute approximate surface area is 106 Å². The van der Waals surface area contributed by atoms with Gasteiger partial charge >= 0.3 is 0 Å². The molecule has 88 valence electrons. The van der Waals surface area contributed by atoms with E-state index in [0.29, 0.717) is 0 Å². The molecule has 1 saturated carbocycles. The predicted molar refractivity (Wildman–Crippen MR) is 71.2 cm³/mol. The van der Waals surface area contributed by atoms with Crippen LogP contribution in [0.3, 0.4) is 0 Å². The Hall–Kier alpha value is -1.12. The zero-order chi connectivity index (χ0) is 11.9. The van der Waals surface area contributed by atoms with Gasteiger partial charge in [-0.25, -0.2) is 0 Å². The largest absolute Gasteiger partial charge is 0.330 e. The van der Waals surface area contributed by atoms with Crippen LogP contribution in [0.2, 0.25) is 5.02 Å². The van der Waals surface area contributed by atoms with Crippen molar-refractivity contribution in [1.29, 1.82) is 0 Å². The second-order valence-corrected chi connectivity index (χ2v) is 5.39. The normalized spacial score (nSPS) is 17.3. The highest BCUT2D eigenvalue weighted by atomic mass is 35.5. The molecule has 0 amide bonds. The number of benzene rings is 1. The molecule has 3 heteroatoms. The maximum absolute atomic E-state index is 6.31. The number of rotatable bonds is 3. The molecular weight excluding hydrogens is 232 g/mol. The SMILES string of the molecule is NCC1(Cc2c(Cl)ccc3cccnc23)CC1. The third-order valence-corrected chi connectivity index (χ3v) is 4.12. The van der Waals surface area contributed by atoms with Gasteiger partial charge in [-0.2, -0.15) is 0 Å². The van der Waals surface area contributed by atoms with Gasteiger partial charge in [-0.05, 0) is 48.9 Å². The van der Waals surface area contributed by atoms with Crippen molar-refractivity contribution in [2.45, 2.75) is 19.3 Å². The summed E-state index contributed by atoms with van der Waals surface area (Å²) in [5.41, 5.74) is 8.32. The first-order chi connectivity index (χ1) is 8.24. The van der Waals surface area contributed by atoms with Crippen LogP contribution in [0.1, 0.15) is 18.4 Å². The lowest BCUT2D eigenvalue weighted by Crippen LogP contribution is -2.18. The molecule has 2 N–H and O–H groups in total. The first-order valence-electron chi connectivity index (χ1n) is 5.96. The molecule has 1 aliphatic carbocycles. The van der Waals surface area contributed by atoms with Crippen molar-refractivity contribution in [3.05, 3.63) is 41.0 Å². The molecule has 0 saturated heterocycles. The molecule has 2 nitrogen and oxygen atoms in total. The maximum Gasteiger partial charge on any atom is 0.0748 e. The zero-order valence-electron chi connectivity index (χ0n) is 9.62. The monoisotopic (exact) mass is 246 g/mol. The molecule has 17 heavy (non-hydrogen) atoms. The molecule has 0 aliphatic heterocycles. The number of aromatic nitrogens is 1. The van der Waals surface area contributed by atoms with E-state index >= 15 is 0 Å². The molecule has 2 aromatic rings. The Kier molecular flexibility index (Phi) is 2.57. The van der Waals surface area contributed by atoms with E-state index in [1.165, 1.54) is 12.8 Å². The lowest BCUT2D eigenvalue weighted by molar-refractivity contribution is 0.523. The van der Waals surface area contributed by atoms with Crippen molar-refractivity contribution in [1.82, 2.24) is 4.98 Å². The predicted octanol–water partition coefficient (Wildman–Crippen LogP) is 3.17. The summed E-state index contributed by atoms with van der Waals surface area (Å²) < 4.78 is 0. The summed E-state index contributed by atoms with van der Waals surface area (Å²) in [6.45, 7) is 0.743. The van der Waals surface area contributed by atoms with Crippen molar-refractivity contribution in [2.75, 3.05) is 6.54 Å². The van der Waals surface area contributed by atoms with Crippen LogP contribution in [-0.2, 0) is 6.42 Å². The molecule has 1 aromatic carbocycles. The number of halogens is 1. The third kappa shape index (κ3) is 1.92. The average molecular weight is 247 g/mol. The Balaban J connectivity index is 2.10. The second kappa shape index (κ2) is 3.97. The molecule has 1 aliphatic rings. The van der Waals surface area contributed by atoms with Gasteiger partial charge in [-0.15, -0.1) is 0 Å². The number of nitrogens with two attached hydrogens (primary N) is 1. The summed E-state index contributed by atoms with van der Waals surface area (Å²) >= 11 is 6.31. The number of hydrogen-bond donors (Lipinski definition) is 1. The zero-order valence-corrected chi connectivity index (χ0v) is 10.4. The van der Waals surface area contributed by atoms with Crippen LogP contribution >= 0.6 is 11.6 Å². The van der Waals surface area contributed by atoms with Gasteiger partial charge in [0, 0.05) is 16.6 Å². The second-order valence-electron chi connectivity index (χ2n) is 4.98. The molecule has 0 atom stereocenters. The smallest absolute Gasteiger partial charge is 0.0748 e. The summed E-state index contributed by atoms with van der Waals surface area (Å²) in [4.78, 5) is 4.46. The lowest BCUT2D eigenvalue weighted by Gasteiger charge is -2.15. The minimum Gasteiger partial charge on any atom is -0.330 e. The molecule has 3 rings (SSSR count). The van der Waals surface area contributed by atoms with E-state index in [9.17, 15) is 0 Å². The average Bonchev–Trinajstić information content (AvgIpc) is 3.14. The number of pyridine rings is 1. The van der Waals surface area contributed by atoms with Crippen molar-refractivity contribution >= 4 is 22.5 Å². The van der Waals surface area contributed by atoms with E-state index in [0.717, 1.165) is 34.5 Å². The standard InChI is InChI=1S/C14H15ClN2/c15-12-4-3-10-2-1-7-17-13(10)11(12)8-14(9-16)5-6-14/h1-4,7H,5-6,8-9,16H2. The van der Waals surface area contributed by atoms with E-state index in [1.807, 2.05) is 24.4 Å². The Morgan fingerprint density at radius 1 is 1.29 bits per heavy atom. The van der Waals surface area contributed by atoms with Gasteiger partial charge < -0.3 is 5.73 Å². The third-order valence-electron chi connectivity index (χ3n) is 3.76. The minimum atomic E-state index is 0.287. The van der Waals surface area contributed by atoms with Gasteiger partial charge in [0.15, 0.2) is 0 Å². The molecule has 1 aromatic heterocycles. The molecule has 1 heterocycles. The van der Waals surface area contributed by atoms with E-state index in [-0.39, 0.29) is 5.41 Å². The summed E-state index contributed by atoms with van der Waals surface area (Å²) in [7, 11) is 0. The van der Waals surface area contributed by atoms with Crippen LogP contribution in [0.25, 0.3) is 10.9 Å². The summed E-state index contributed by atoms with van der Waals surface area (Å²) in [5, 5.41) is 1.97. The fourth-order valence-electron chi connectivity index (χ4n) is 2.35. The number of nitrogens with zero attached hydrogens (tertiary/aromatic N) is 1. The van der Waals surface area contributed by atoms with E-state index in [4.69, 9.17) is 17.3 Å². The highest BCUT2D eigenvalue weighted by Gasteiger charge is 2.41. The lowest BCUT2D eigenvalue weighted by atomic mass is 9.95. The van der Waals surface area contributed by atoms with Gasteiger partial charge in [0.1, 0.15) is 0 Å². The van der Waals surface area contributed by atoms with Gasteiger partial charge in [-0.3, -0.25) is 4.98 Å². The van der Waals surface area contributed by atoms with E-state index in [2.05, 4.69) is 11.1 Å².